The molecule has 1 unspecified atom stereocenters. The molecular formula is C24H25N5OS. The molecule has 1 aliphatic carbocycles. The first-order chi connectivity index (χ1) is 15.3. The second-order valence-corrected chi connectivity index (χ2v) is 8.93. The smallest absolute Gasteiger partial charge is 0.183 e. The Hall–Kier alpha value is -2.90. The van der Waals surface area contributed by atoms with Crippen molar-refractivity contribution < 1.29 is 5.11 Å². The summed E-state index contributed by atoms with van der Waals surface area (Å²) >= 11 is 1.78. The third kappa shape index (κ3) is 4.16. The summed E-state index contributed by atoms with van der Waals surface area (Å²) in [5, 5.41) is 14.3. The maximum atomic E-state index is 9.45. The van der Waals surface area contributed by atoms with Crippen LogP contribution in [-0.4, -0.2) is 31.6 Å². The van der Waals surface area contributed by atoms with Crippen molar-refractivity contribution in [2.45, 2.75) is 44.6 Å². The summed E-state index contributed by atoms with van der Waals surface area (Å²) in [5.74, 6) is 1.45. The van der Waals surface area contributed by atoms with Gasteiger partial charge in [0.2, 0.25) is 0 Å². The summed E-state index contributed by atoms with van der Waals surface area (Å²) in [6.07, 6.45) is 11.2. The van der Waals surface area contributed by atoms with Gasteiger partial charge in [0, 0.05) is 23.9 Å². The monoisotopic (exact) mass is 431 g/mol. The molecule has 1 aromatic carbocycles. The molecule has 3 aromatic heterocycles. The first-order valence-electron chi connectivity index (χ1n) is 10.8. The SMILES string of the molecule is OCCCC(Nc1nc(-c2cnccn2)nc2sc3c(c12)CCCC3)c1ccccc1. The molecule has 0 bridgehead atoms. The van der Waals surface area contributed by atoms with E-state index in [0.717, 1.165) is 41.7 Å². The fourth-order valence-corrected chi connectivity index (χ4v) is 5.52. The number of aliphatic hydroxyl groups is 1. The minimum atomic E-state index is 0.0558. The lowest BCUT2D eigenvalue weighted by atomic mass is 9.96. The molecule has 0 saturated heterocycles. The highest BCUT2D eigenvalue weighted by atomic mass is 32.1. The Morgan fingerprint density at radius 3 is 2.74 bits per heavy atom. The molecule has 0 saturated carbocycles. The molecule has 4 aromatic rings. The van der Waals surface area contributed by atoms with Crippen molar-refractivity contribution >= 4 is 27.4 Å². The van der Waals surface area contributed by atoms with E-state index in [9.17, 15) is 5.11 Å². The van der Waals surface area contributed by atoms with Crippen molar-refractivity contribution in [3.05, 3.63) is 64.9 Å². The van der Waals surface area contributed by atoms with Crippen LogP contribution in [0.1, 0.15) is 47.7 Å². The molecular weight excluding hydrogens is 406 g/mol. The molecule has 1 atom stereocenters. The van der Waals surface area contributed by atoms with Crippen LogP contribution in [0.2, 0.25) is 0 Å². The van der Waals surface area contributed by atoms with Gasteiger partial charge in [0.25, 0.3) is 0 Å². The summed E-state index contributed by atoms with van der Waals surface area (Å²) in [6.45, 7) is 0.170. The number of aliphatic hydroxyl groups excluding tert-OH is 1. The largest absolute Gasteiger partial charge is 0.396 e. The molecule has 2 N–H and O–H groups in total. The van der Waals surface area contributed by atoms with Crippen LogP contribution in [0.4, 0.5) is 5.82 Å². The summed E-state index contributed by atoms with van der Waals surface area (Å²) in [5.41, 5.74) is 3.26. The van der Waals surface area contributed by atoms with Gasteiger partial charge in [0.15, 0.2) is 5.82 Å². The number of hydrogen-bond acceptors (Lipinski definition) is 7. The molecule has 3 heterocycles. The van der Waals surface area contributed by atoms with Gasteiger partial charge in [-0.05, 0) is 49.7 Å². The van der Waals surface area contributed by atoms with Crippen molar-refractivity contribution in [2.75, 3.05) is 11.9 Å². The number of anilines is 1. The lowest BCUT2D eigenvalue weighted by Gasteiger charge is -2.21. The van der Waals surface area contributed by atoms with Crippen LogP contribution in [0.3, 0.4) is 0 Å². The summed E-state index contributed by atoms with van der Waals surface area (Å²) in [4.78, 5) is 20.9. The number of aryl methyl sites for hydroxylation is 2. The number of benzene rings is 1. The number of rotatable bonds is 7. The van der Waals surface area contributed by atoms with Gasteiger partial charge in [-0.3, -0.25) is 4.98 Å². The highest BCUT2D eigenvalue weighted by molar-refractivity contribution is 7.19. The molecule has 7 heteroatoms. The lowest BCUT2D eigenvalue weighted by Crippen LogP contribution is -2.14. The first-order valence-corrected chi connectivity index (χ1v) is 11.7. The van der Waals surface area contributed by atoms with Crippen molar-refractivity contribution in [1.82, 2.24) is 19.9 Å². The van der Waals surface area contributed by atoms with Crippen LogP contribution < -0.4 is 5.32 Å². The van der Waals surface area contributed by atoms with E-state index in [2.05, 4.69) is 39.6 Å². The zero-order chi connectivity index (χ0) is 21.0. The normalized spacial score (nSPS) is 14.4. The van der Waals surface area contributed by atoms with Crippen LogP contribution in [0.5, 0.6) is 0 Å². The minimum absolute atomic E-state index is 0.0558. The van der Waals surface area contributed by atoms with Crippen LogP contribution in [0, 0.1) is 0 Å². The van der Waals surface area contributed by atoms with Gasteiger partial charge in [-0.15, -0.1) is 11.3 Å². The third-order valence-corrected chi connectivity index (χ3v) is 6.96. The molecule has 158 valence electrons. The van der Waals surface area contributed by atoms with Crippen molar-refractivity contribution in [2.24, 2.45) is 0 Å². The number of aromatic nitrogens is 4. The number of thiophene rings is 1. The maximum Gasteiger partial charge on any atom is 0.183 e. The van der Waals surface area contributed by atoms with Gasteiger partial charge >= 0.3 is 0 Å². The highest BCUT2D eigenvalue weighted by Crippen LogP contribution is 2.40. The summed E-state index contributed by atoms with van der Waals surface area (Å²) in [6, 6.07) is 10.4. The Labute approximate surface area is 185 Å². The van der Waals surface area contributed by atoms with Gasteiger partial charge < -0.3 is 10.4 Å². The predicted octanol–water partition coefficient (Wildman–Crippen LogP) is 4.95. The Morgan fingerprint density at radius 1 is 1.06 bits per heavy atom. The van der Waals surface area contributed by atoms with E-state index >= 15 is 0 Å². The molecule has 0 radical (unpaired) electrons. The van der Waals surface area contributed by atoms with Crippen LogP contribution >= 0.6 is 11.3 Å². The first kappa shape index (κ1) is 20.0. The second-order valence-electron chi connectivity index (χ2n) is 7.85. The number of hydrogen-bond donors (Lipinski definition) is 2. The molecule has 0 aliphatic heterocycles. The fourth-order valence-electron chi connectivity index (χ4n) is 4.26. The molecule has 6 nitrogen and oxygen atoms in total. The minimum Gasteiger partial charge on any atom is -0.396 e. The van der Waals surface area contributed by atoms with E-state index in [1.165, 1.54) is 28.8 Å². The number of nitrogens with one attached hydrogen (secondary N) is 1. The van der Waals surface area contributed by atoms with Gasteiger partial charge in [0.05, 0.1) is 17.6 Å². The Bertz CT molecular complexity index is 1160. The molecule has 31 heavy (non-hydrogen) atoms. The van der Waals surface area contributed by atoms with Crippen LogP contribution in [0.15, 0.2) is 48.9 Å². The number of fused-ring (bicyclic) bond motifs is 3. The molecule has 0 spiro atoms. The van der Waals surface area contributed by atoms with E-state index in [1.807, 2.05) is 6.07 Å². The van der Waals surface area contributed by atoms with Gasteiger partial charge in [-0.2, -0.15) is 0 Å². The van der Waals surface area contributed by atoms with Gasteiger partial charge in [-0.1, -0.05) is 30.3 Å². The quantitative estimate of drug-likeness (QED) is 0.431. The van der Waals surface area contributed by atoms with Crippen LogP contribution in [-0.2, 0) is 12.8 Å². The van der Waals surface area contributed by atoms with Gasteiger partial charge in [0.1, 0.15) is 16.3 Å². The van der Waals surface area contributed by atoms with Gasteiger partial charge in [-0.25, -0.2) is 15.0 Å². The molecule has 5 rings (SSSR count). The standard InChI is InChI=1S/C24H25N5OS/c30-14-6-10-18(16-7-2-1-3-8-16)27-23-21-17-9-4-5-11-20(17)31-24(21)29-22(28-23)19-15-25-12-13-26-19/h1-3,7-8,12-13,15,18,30H,4-6,9-11,14H2,(H,27,28,29). The van der Waals surface area contributed by atoms with Crippen molar-refractivity contribution in [3.63, 3.8) is 0 Å². The van der Waals surface area contributed by atoms with E-state index in [4.69, 9.17) is 9.97 Å². The zero-order valence-corrected chi connectivity index (χ0v) is 18.1. The van der Waals surface area contributed by atoms with E-state index in [1.54, 1.807) is 29.9 Å². The Morgan fingerprint density at radius 2 is 1.94 bits per heavy atom. The van der Waals surface area contributed by atoms with E-state index in [-0.39, 0.29) is 12.6 Å². The highest BCUT2D eigenvalue weighted by Gasteiger charge is 2.23. The molecule has 0 amide bonds. The third-order valence-electron chi connectivity index (χ3n) is 5.77. The van der Waals surface area contributed by atoms with E-state index in [0.29, 0.717) is 11.5 Å². The average molecular weight is 432 g/mol. The predicted molar refractivity (Wildman–Crippen MR) is 124 cm³/mol. The topological polar surface area (TPSA) is 83.8 Å². The summed E-state index contributed by atoms with van der Waals surface area (Å²) in [7, 11) is 0. The van der Waals surface area contributed by atoms with Crippen molar-refractivity contribution in [3.8, 4) is 11.5 Å². The van der Waals surface area contributed by atoms with E-state index < -0.39 is 0 Å². The average Bonchev–Trinajstić information content (AvgIpc) is 3.21. The fraction of sp³-hybridized carbons (Fsp3) is 0.333. The Balaban J connectivity index is 1.63. The van der Waals surface area contributed by atoms with Crippen LogP contribution in [0.25, 0.3) is 21.7 Å². The van der Waals surface area contributed by atoms with Crippen molar-refractivity contribution in [1.29, 1.82) is 0 Å². The summed E-state index contributed by atoms with van der Waals surface area (Å²) < 4.78 is 0. The lowest BCUT2D eigenvalue weighted by molar-refractivity contribution is 0.281. The molecule has 0 fully saturated rings. The maximum absolute atomic E-state index is 9.45. The molecule has 1 aliphatic rings. The Kier molecular flexibility index (Phi) is 5.86. The zero-order valence-electron chi connectivity index (χ0n) is 17.3. The number of nitrogens with zero attached hydrogens (tertiary/aromatic N) is 4. The second kappa shape index (κ2) is 9.08.